The number of hydrogen-bond donors (Lipinski definition) is 2. The van der Waals surface area contributed by atoms with Crippen molar-refractivity contribution in [3.8, 4) is 0 Å². The lowest BCUT2D eigenvalue weighted by molar-refractivity contribution is -0.916. The quantitative estimate of drug-likeness (QED) is 0.596. The van der Waals surface area contributed by atoms with Crippen LogP contribution in [0.25, 0.3) is 0 Å². The van der Waals surface area contributed by atoms with Crippen molar-refractivity contribution in [1.29, 1.82) is 0 Å². The Kier molecular flexibility index (Phi) is 2.93. The standard InChI is InChI=1S/C9H17NO3/c1-3-10(2)5-4-7(9(12)13)8(11)6-10/h7-8,11H,3-6H2,1-2H3/p+1/t7?,8-,10?/m0/s1. The molecule has 13 heavy (non-hydrogen) atoms. The summed E-state index contributed by atoms with van der Waals surface area (Å²) in [6, 6.07) is 0. The van der Waals surface area contributed by atoms with Gasteiger partial charge in [0.05, 0.1) is 26.1 Å². The van der Waals surface area contributed by atoms with E-state index in [2.05, 4.69) is 14.0 Å². The second kappa shape index (κ2) is 3.64. The summed E-state index contributed by atoms with van der Waals surface area (Å²) in [5.41, 5.74) is 0. The zero-order valence-electron chi connectivity index (χ0n) is 8.23. The van der Waals surface area contributed by atoms with Crippen molar-refractivity contribution in [2.75, 3.05) is 26.7 Å². The van der Waals surface area contributed by atoms with Gasteiger partial charge in [0.1, 0.15) is 12.6 Å². The van der Waals surface area contributed by atoms with Gasteiger partial charge in [0.15, 0.2) is 0 Å². The van der Waals surface area contributed by atoms with E-state index in [1.807, 2.05) is 0 Å². The van der Waals surface area contributed by atoms with Crippen LogP contribution in [0.1, 0.15) is 13.3 Å². The van der Waals surface area contributed by atoms with Gasteiger partial charge in [-0.15, -0.1) is 0 Å². The number of carboxylic acids is 1. The van der Waals surface area contributed by atoms with E-state index in [1.54, 1.807) is 0 Å². The van der Waals surface area contributed by atoms with E-state index >= 15 is 0 Å². The molecule has 0 bridgehead atoms. The molecule has 0 saturated carbocycles. The van der Waals surface area contributed by atoms with Crippen LogP contribution in [0.15, 0.2) is 0 Å². The van der Waals surface area contributed by atoms with E-state index in [4.69, 9.17) is 5.11 Å². The number of likely N-dealkylation sites (tertiary alicyclic amines) is 1. The van der Waals surface area contributed by atoms with E-state index in [-0.39, 0.29) is 0 Å². The molecule has 1 fully saturated rings. The molecule has 1 aliphatic heterocycles. The summed E-state index contributed by atoms with van der Waals surface area (Å²) in [7, 11) is 2.06. The molecule has 2 N–H and O–H groups in total. The summed E-state index contributed by atoms with van der Waals surface area (Å²) in [5, 5.41) is 18.4. The normalized spacial score (nSPS) is 40.2. The summed E-state index contributed by atoms with van der Waals surface area (Å²) in [6.45, 7) is 4.43. The maximum absolute atomic E-state index is 10.7. The van der Waals surface area contributed by atoms with E-state index in [9.17, 15) is 9.90 Å². The zero-order chi connectivity index (χ0) is 10.1. The van der Waals surface area contributed by atoms with Gasteiger partial charge in [-0.3, -0.25) is 4.79 Å². The summed E-state index contributed by atoms with van der Waals surface area (Å²) in [4.78, 5) is 10.7. The van der Waals surface area contributed by atoms with E-state index in [1.165, 1.54) is 0 Å². The molecular formula is C9H18NO3+. The van der Waals surface area contributed by atoms with Crippen LogP contribution in [0, 0.1) is 5.92 Å². The molecule has 2 unspecified atom stereocenters. The van der Waals surface area contributed by atoms with Gasteiger partial charge in [0, 0.05) is 6.42 Å². The van der Waals surface area contributed by atoms with Crippen LogP contribution in [0.5, 0.6) is 0 Å². The third-order valence-corrected chi connectivity index (χ3v) is 3.15. The molecule has 0 aromatic rings. The first-order valence-electron chi connectivity index (χ1n) is 4.73. The van der Waals surface area contributed by atoms with Crippen molar-refractivity contribution in [3.05, 3.63) is 0 Å². The number of rotatable bonds is 2. The second-order valence-corrected chi connectivity index (χ2v) is 4.14. The van der Waals surface area contributed by atoms with Crippen LogP contribution in [0.3, 0.4) is 0 Å². The highest BCUT2D eigenvalue weighted by Gasteiger charge is 2.39. The molecule has 4 heteroatoms. The average molecular weight is 188 g/mol. The number of nitrogens with zero attached hydrogens (tertiary/aromatic N) is 1. The Labute approximate surface area is 78.4 Å². The number of aliphatic carboxylic acids is 1. The van der Waals surface area contributed by atoms with Crippen molar-refractivity contribution in [2.24, 2.45) is 5.92 Å². The second-order valence-electron chi connectivity index (χ2n) is 4.14. The van der Waals surface area contributed by atoms with Crippen molar-refractivity contribution in [2.45, 2.75) is 19.4 Å². The minimum Gasteiger partial charge on any atom is -0.481 e. The molecule has 3 atom stereocenters. The van der Waals surface area contributed by atoms with Crippen LogP contribution in [0.4, 0.5) is 0 Å². The van der Waals surface area contributed by atoms with Gasteiger partial charge < -0.3 is 14.7 Å². The molecule has 4 nitrogen and oxygen atoms in total. The molecule has 0 amide bonds. The Morgan fingerprint density at radius 3 is 2.62 bits per heavy atom. The number of quaternary nitrogens is 1. The van der Waals surface area contributed by atoms with E-state index in [0.717, 1.165) is 17.6 Å². The number of aliphatic hydroxyl groups is 1. The molecule has 0 aromatic heterocycles. The number of carbonyl (C=O) groups is 1. The average Bonchev–Trinajstić information content (AvgIpc) is 2.03. The summed E-state index contributed by atoms with van der Waals surface area (Å²) >= 11 is 0. The van der Waals surface area contributed by atoms with Crippen molar-refractivity contribution in [1.82, 2.24) is 0 Å². The highest BCUT2D eigenvalue weighted by Crippen LogP contribution is 2.22. The minimum atomic E-state index is -0.866. The summed E-state index contributed by atoms with van der Waals surface area (Å²) in [6.07, 6.45) is -0.0999. The first kappa shape index (κ1) is 10.5. The predicted molar refractivity (Wildman–Crippen MR) is 48.2 cm³/mol. The van der Waals surface area contributed by atoms with Crippen molar-refractivity contribution >= 4 is 5.97 Å². The molecule has 0 radical (unpaired) electrons. The molecule has 0 aromatic carbocycles. The zero-order valence-corrected chi connectivity index (χ0v) is 8.23. The SMILES string of the molecule is CC[N+]1(C)CCC(C(=O)O)[C@@H](O)C1. The number of hydrogen-bond acceptors (Lipinski definition) is 2. The third-order valence-electron chi connectivity index (χ3n) is 3.15. The van der Waals surface area contributed by atoms with Gasteiger partial charge >= 0.3 is 5.97 Å². The topological polar surface area (TPSA) is 57.5 Å². The first-order valence-corrected chi connectivity index (χ1v) is 4.73. The van der Waals surface area contributed by atoms with Gasteiger partial charge in [0.2, 0.25) is 0 Å². The molecule has 0 aliphatic carbocycles. The highest BCUT2D eigenvalue weighted by atomic mass is 16.4. The molecule has 76 valence electrons. The number of likely N-dealkylation sites (N-methyl/N-ethyl adjacent to an activating group) is 1. The van der Waals surface area contributed by atoms with Crippen LogP contribution in [0.2, 0.25) is 0 Å². The third kappa shape index (κ3) is 2.19. The van der Waals surface area contributed by atoms with Crippen LogP contribution in [-0.4, -0.2) is 53.5 Å². The minimum absolute atomic E-state index is 0.558. The fourth-order valence-electron chi connectivity index (χ4n) is 1.89. The number of carboxylic acid groups (broad SMARTS) is 1. The van der Waals surface area contributed by atoms with E-state index < -0.39 is 18.0 Å². The summed E-state index contributed by atoms with van der Waals surface area (Å²) < 4.78 is 0.783. The van der Waals surface area contributed by atoms with Crippen molar-refractivity contribution in [3.63, 3.8) is 0 Å². The highest BCUT2D eigenvalue weighted by molar-refractivity contribution is 5.70. The molecule has 1 aliphatic rings. The van der Waals surface area contributed by atoms with Gasteiger partial charge in [-0.25, -0.2) is 0 Å². The van der Waals surface area contributed by atoms with Crippen LogP contribution >= 0.6 is 0 Å². The Balaban J connectivity index is 2.61. The summed E-state index contributed by atoms with van der Waals surface area (Å²) in [5.74, 6) is -1.42. The molecular weight excluding hydrogens is 170 g/mol. The van der Waals surface area contributed by atoms with Crippen LogP contribution < -0.4 is 0 Å². The molecule has 1 saturated heterocycles. The lowest BCUT2D eigenvalue weighted by atomic mass is 9.92. The number of piperidine rings is 1. The fraction of sp³-hybridized carbons (Fsp3) is 0.889. The monoisotopic (exact) mass is 188 g/mol. The molecule has 0 spiro atoms. The fourth-order valence-corrected chi connectivity index (χ4v) is 1.89. The van der Waals surface area contributed by atoms with Gasteiger partial charge in [0.25, 0.3) is 0 Å². The maximum Gasteiger partial charge on any atom is 0.309 e. The van der Waals surface area contributed by atoms with Gasteiger partial charge in [-0.1, -0.05) is 0 Å². The number of aliphatic hydroxyl groups excluding tert-OH is 1. The largest absolute Gasteiger partial charge is 0.481 e. The Bertz CT molecular complexity index is 207. The Morgan fingerprint density at radius 1 is 1.62 bits per heavy atom. The lowest BCUT2D eigenvalue weighted by Crippen LogP contribution is -2.56. The Morgan fingerprint density at radius 2 is 2.23 bits per heavy atom. The van der Waals surface area contributed by atoms with Gasteiger partial charge in [-0.05, 0) is 6.92 Å². The Hall–Kier alpha value is -0.610. The first-order chi connectivity index (χ1) is 5.98. The lowest BCUT2D eigenvalue weighted by Gasteiger charge is -2.41. The van der Waals surface area contributed by atoms with Crippen molar-refractivity contribution < 1.29 is 19.5 Å². The predicted octanol–water partition coefficient (Wildman–Crippen LogP) is -0.0817. The smallest absolute Gasteiger partial charge is 0.309 e. The van der Waals surface area contributed by atoms with Crippen LogP contribution in [-0.2, 0) is 4.79 Å². The molecule has 1 heterocycles. The molecule has 1 rings (SSSR count). The van der Waals surface area contributed by atoms with E-state index in [0.29, 0.717) is 13.0 Å². The maximum atomic E-state index is 10.7. The van der Waals surface area contributed by atoms with Gasteiger partial charge in [-0.2, -0.15) is 0 Å².